The van der Waals surface area contributed by atoms with Crippen LogP contribution < -0.4 is 10.1 Å². The third-order valence-corrected chi connectivity index (χ3v) is 4.93. The summed E-state index contributed by atoms with van der Waals surface area (Å²) in [7, 11) is 1.37. The van der Waals surface area contributed by atoms with Crippen molar-refractivity contribution in [2.45, 2.75) is 0 Å². The highest BCUT2D eigenvalue weighted by Gasteiger charge is 2.16. The molecule has 0 saturated heterocycles. The van der Waals surface area contributed by atoms with Gasteiger partial charge in [-0.2, -0.15) is 0 Å². The minimum atomic E-state index is -1.09. The van der Waals surface area contributed by atoms with Crippen molar-refractivity contribution in [1.82, 2.24) is 0 Å². The molecule has 0 radical (unpaired) electrons. The van der Waals surface area contributed by atoms with Crippen LogP contribution in [-0.2, 0) is 0 Å². The van der Waals surface area contributed by atoms with Crippen LogP contribution in [0, 0.1) is 0 Å². The standard InChI is InChI=1S/C13H9Br2NO4S/c1-20-9-4-6(2-3-7(9)13(18)19)16-12(17)8-5-10(14)21-11(8)15/h2-5H,1H3,(H,16,17)(H,18,19). The second-order valence-corrected chi connectivity index (χ2v) is 7.66. The molecule has 0 aliphatic rings. The smallest absolute Gasteiger partial charge is 0.339 e. The summed E-state index contributed by atoms with van der Waals surface area (Å²) < 4.78 is 6.56. The summed E-state index contributed by atoms with van der Waals surface area (Å²) in [6.07, 6.45) is 0. The fourth-order valence-corrected chi connectivity index (χ4v) is 4.43. The summed E-state index contributed by atoms with van der Waals surface area (Å²) in [4.78, 5) is 23.2. The monoisotopic (exact) mass is 433 g/mol. The first-order chi connectivity index (χ1) is 9.92. The maximum absolute atomic E-state index is 12.2. The van der Waals surface area contributed by atoms with Gasteiger partial charge in [0.15, 0.2) is 0 Å². The summed E-state index contributed by atoms with van der Waals surface area (Å²) >= 11 is 8.02. The Morgan fingerprint density at radius 3 is 2.48 bits per heavy atom. The van der Waals surface area contributed by atoms with Crippen LogP contribution in [0.15, 0.2) is 31.8 Å². The first-order valence-electron chi connectivity index (χ1n) is 5.60. The van der Waals surface area contributed by atoms with Crippen molar-refractivity contribution in [2.24, 2.45) is 0 Å². The van der Waals surface area contributed by atoms with Gasteiger partial charge in [-0.05, 0) is 50.1 Å². The van der Waals surface area contributed by atoms with Crippen LogP contribution in [0.5, 0.6) is 5.75 Å². The van der Waals surface area contributed by atoms with Gasteiger partial charge in [0.25, 0.3) is 5.91 Å². The zero-order valence-electron chi connectivity index (χ0n) is 10.6. The summed E-state index contributed by atoms with van der Waals surface area (Å²) in [5, 5.41) is 11.7. The number of carbonyl (C=O) groups is 2. The molecule has 1 heterocycles. The van der Waals surface area contributed by atoms with Crippen LogP contribution in [0.4, 0.5) is 5.69 Å². The number of carboxylic acids is 1. The van der Waals surface area contributed by atoms with Crippen LogP contribution in [-0.4, -0.2) is 24.1 Å². The number of methoxy groups -OCH3 is 1. The van der Waals surface area contributed by atoms with E-state index < -0.39 is 5.97 Å². The Morgan fingerprint density at radius 2 is 1.95 bits per heavy atom. The number of amides is 1. The Morgan fingerprint density at radius 1 is 1.24 bits per heavy atom. The van der Waals surface area contributed by atoms with E-state index in [-0.39, 0.29) is 17.2 Å². The van der Waals surface area contributed by atoms with Gasteiger partial charge >= 0.3 is 5.97 Å². The fourth-order valence-electron chi connectivity index (χ4n) is 1.64. The van der Waals surface area contributed by atoms with E-state index in [1.54, 1.807) is 6.07 Å². The van der Waals surface area contributed by atoms with Crippen molar-refractivity contribution in [2.75, 3.05) is 12.4 Å². The summed E-state index contributed by atoms with van der Waals surface area (Å²) in [6.45, 7) is 0. The molecule has 2 aromatic rings. The predicted molar refractivity (Wildman–Crippen MR) is 87.6 cm³/mol. The predicted octanol–water partition coefficient (Wildman–Crippen LogP) is 4.23. The zero-order valence-corrected chi connectivity index (χ0v) is 14.6. The first-order valence-corrected chi connectivity index (χ1v) is 8.00. The number of benzene rings is 1. The van der Waals surface area contributed by atoms with Gasteiger partial charge in [-0.1, -0.05) is 0 Å². The molecule has 0 fully saturated rings. The molecule has 1 amide bonds. The molecule has 0 unspecified atom stereocenters. The zero-order chi connectivity index (χ0) is 15.6. The highest BCUT2D eigenvalue weighted by molar-refractivity contribution is 9.12. The van der Waals surface area contributed by atoms with Gasteiger partial charge in [0.1, 0.15) is 11.3 Å². The van der Waals surface area contributed by atoms with Crippen molar-refractivity contribution in [3.63, 3.8) is 0 Å². The lowest BCUT2D eigenvalue weighted by Crippen LogP contribution is -2.12. The molecule has 0 saturated carbocycles. The van der Waals surface area contributed by atoms with Crippen molar-refractivity contribution < 1.29 is 19.4 Å². The molecular formula is C13H9Br2NO4S. The maximum atomic E-state index is 12.2. The van der Waals surface area contributed by atoms with Crippen LogP contribution in [0.25, 0.3) is 0 Å². The minimum absolute atomic E-state index is 0.0370. The number of hydrogen-bond acceptors (Lipinski definition) is 4. The van der Waals surface area contributed by atoms with Gasteiger partial charge in [-0.3, -0.25) is 4.79 Å². The number of halogens is 2. The number of anilines is 1. The number of hydrogen-bond donors (Lipinski definition) is 2. The SMILES string of the molecule is COc1cc(NC(=O)c2cc(Br)sc2Br)ccc1C(=O)O. The summed E-state index contributed by atoms with van der Waals surface area (Å²) in [6, 6.07) is 6.07. The molecule has 110 valence electrons. The minimum Gasteiger partial charge on any atom is -0.496 e. The molecular weight excluding hydrogens is 426 g/mol. The molecule has 2 rings (SSSR count). The lowest BCUT2D eigenvalue weighted by Gasteiger charge is -2.09. The van der Waals surface area contributed by atoms with Crippen LogP contribution >= 0.6 is 43.2 Å². The molecule has 8 heteroatoms. The van der Waals surface area contributed by atoms with E-state index in [0.29, 0.717) is 15.0 Å². The molecule has 21 heavy (non-hydrogen) atoms. The van der Waals surface area contributed by atoms with Gasteiger partial charge in [0.2, 0.25) is 0 Å². The van der Waals surface area contributed by atoms with Crippen LogP contribution in [0.1, 0.15) is 20.7 Å². The van der Waals surface area contributed by atoms with Crippen molar-refractivity contribution in [3.8, 4) is 5.75 Å². The average molecular weight is 435 g/mol. The Bertz CT molecular complexity index is 714. The normalized spacial score (nSPS) is 10.2. The molecule has 1 aromatic heterocycles. The Balaban J connectivity index is 2.26. The van der Waals surface area contributed by atoms with Crippen molar-refractivity contribution >= 4 is 60.8 Å². The van der Waals surface area contributed by atoms with Crippen LogP contribution in [0.3, 0.4) is 0 Å². The number of carbonyl (C=O) groups excluding carboxylic acids is 1. The van der Waals surface area contributed by atoms with E-state index in [9.17, 15) is 9.59 Å². The third-order valence-electron chi connectivity index (χ3n) is 2.59. The maximum Gasteiger partial charge on any atom is 0.339 e. The van der Waals surface area contributed by atoms with E-state index in [0.717, 1.165) is 3.79 Å². The van der Waals surface area contributed by atoms with Gasteiger partial charge in [0.05, 0.1) is 20.2 Å². The van der Waals surface area contributed by atoms with E-state index in [1.807, 2.05) is 0 Å². The number of aromatic carboxylic acids is 1. The second-order valence-electron chi connectivity index (χ2n) is 3.91. The molecule has 2 N–H and O–H groups in total. The largest absolute Gasteiger partial charge is 0.496 e. The third kappa shape index (κ3) is 3.63. The summed E-state index contributed by atoms with van der Waals surface area (Å²) in [5.41, 5.74) is 0.985. The summed E-state index contributed by atoms with van der Waals surface area (Å²) in [5.74, 6) is -1.20. The quantitative estimate of drug-likeness (QED) is 0.754. The Hall–Kier alpha value is -1.38. The molecule has 0 atom stereocenters. The molecule has 1 aromatic carbocycles. The first kappa shape index (κ1) is 16.0. The van der Waals surface area contributed by atoms with Gasteiger partial charge in [-0.25, -0.2) is 4.79 Å². The molecule has 0 aliphatic heterocycles. The van der Waals surface area contributed by atoms with Crippen molar-refractivity contribution in [1.29, 1.82) is 0 Å². The van der Waals surface area contributed by atoms with E-state index in [2.05, 4.69) is 37.2 Å². The number of nitrogens with one attached hydrogen (secondary N) is 1. The Labute approximate surface area is 141 Å². The van der Waals surface area contributed by atoms with Gasteiger partial charge < -0.3 is 15.2 Å². The van der Waals surface area contributed by atoms with Crippen LogP contribution in [0.2, 0.25) is 0 Å². The van der Waals surface area contributed by atoms with E-state index in [1.165, 1.54) is 36.6 Å². The number of rotatable bonds is 4. The highest BCUT2D eigenvalue weighted by atomic mass is 79.9. The number of ether oxygens (including phenoxy) is 1. The van der Waals surface area contributed by atoms with Crippen molar-refractivity contribution in [3.05, 3.63) is 43.0 Å². The number of thiophene rings is 1. The molecule has 0 bridgehead atoms. The second kappa shape index (κ2) is 6.59. The molecule has 5 nitrogen and oxygen atoms in total. The average Bonchev–Trinajstić information content (AvgIpc) is 2.77. The van der Waals surface area contributed by atoms with E-state index >= 15 is 0 Å². The molecule has 0 aliphatic carbocycles. The lowest BCUT2D eigenvalue weighted by molar-refractivity contribution is 0.0693. The molecule has 0 spiro atoms. The highest BCUT2D eigenvalue weighted by Crippen LogP contribution is 2.32. The fraction of sp³-hybridized carbons (Fsp3) is 0.0769. The van der Waals surface area contributed by atoms with E-state index in [4.69, 9.17) is 9.84 Å². The van der Waals surface area contributed by atoms with Gasteiger partial charge in [0, 0.05) is 11.8 Å². The topological polar surface area (TPSA) is 75.6 Å². The lowest BCUT2D eigenvalue weighted by atomic mass is 10.1. The number of carboxylic acid groups (broad SMARTS) is 1. The Kier molecular flexibility index (Phi) is 5.02. The van der Waals surface area contributed by atoms with Gasteiger partial charge in [-0.15, -0.1) is 11.3 Å².